The summed E-state index contributed by atoms with van der Waals surface area (Å²) in [5, 5.41) is 5.18. The highest BCUT2D eigenvalue weighted by molar-refractivity contribution is 7.99. The second-order valence-electron chi connectivity index (χ2n) is 14.0. The van der Waals surface area contributed by atoms with Crippen LogP contribution in [0.1, 0.15) is 22.3 Å². The minimum atomic E-state index is -0.543. The maximum Gasteiger partial charge on any atom is 0.0764 e. The molecule has 8 aromatic carbocycles. The zero-order valence-corrected chi connectivity index (χ0v) is 30.2. The molecule has 0 radical (unpaired) electrons. The van der Waals surface area contributed by atoms with Gasteiger partial charge in [-0.05, 0) is 82.9 Å². The topological polar surface area (TPSA) is 8.17 Å². The van der Waals surface area contributed by atoms with Crippen LogP contribution in [0, 0.1) is 0 Å². The van der Waals surface area contributed by atoms with Gasteiger partial charge in [-0.1, -0.05) is 133 Å². The smallest absolute Gasteiger partial charge is 0.0764 e. The molecule has 0 atom stereocenters. The third-order valence-electron chi connectivity index (χ3n) is 11.4. The predicted molar refractivity (Wildman–Crippen MR) is 224 cm³/mol. The summed E-state index contributed by atoms with van der Waals surface area (Å²) in [5.74, 6) is 0. The lowest BCUT2D eigenvalue weighted by atomic mass is 9.62. The average molecular weight is 711 g/mol. The van der Waals surface area contributed by atoms with Gasteiger partial charge in [0, 0.05) is 52.1 Å². The molecule has 12 rings (SSSR count). The van der Waals surface area contributed by atoms with Gasteiger partial charge in [-0.25, -0.2) is 0 Å². The summed E-state index contributed by atoms with van der Waals surface area (Å²) in [6, 6.07) is 67.7. The van der Waals surface area contributed by atoms with Crippen LogP contribution in [0.15, 0.2) is 192 Å². The lowest BCUT2D eigenvalue weighted by Crippen LogP contribution is -2.39. The first-order valence-electron chi connectivity index (χ1n) is 18.1. The minimum absolute atomic E-state index is 0.543. The Balaban J connectivity index is 1.23. The Hall–Kier alpha value is -6.07. The van der Waals surface area contributed by atoms with E-state index in [0.717, 1.165) is 5.69 Å². The van der Waals surface area contributed by atoms with E-state index in [1.165, 1.54) is 91.1 Å². The molecule has 2 aliphatic heterocycles. The summed E-state index contributed by atoms with van der Waals surface area (Å²) in [7, 11) is 0. The molecule has 2 nitrogen and oxygen atoms in total. The van der Waals surface area contributed by atoms with E-state index in [1.807, 2.05) is 23.1 Å². The van der Waals surface area contributed by atoms with Gasteiger partial charge in [-0.2, -0.15) is 0 Å². The summed E-state index contributed by atoms with van der Waals surface area (Å²) in [4.78, 5) is 5.06. The van der Waals surface area contributed by atoms with E-state index < -0.39 is 5.41 Å². The van der Waals surface area contributed by atoms with Crippen molar-refractivity contribution in [3.05, 3.63) is 204 Å². The molecule has 0 N–H and O–H groups in total. The van der Waals surface area contributed by atoms with E-state index in [-0.39, 0.29) is 0 Å². The molecule has 2 aromatic heterocycles. The number of hydrogen-bond donors (Lipinski definition) is 0. The van der Waals surface area contributed by atoms with Crippen molar-refractivity contribution < 1.29 is 0 Å². The van der Waals surface area contributed by atoms with Crippen molar-refractivity contribution in [1.82, 2.24) is 4.57 Å². The molecule has 10 aromatic rings. The predicted octanol–water partition coefficient (Wildman–Crippen LogP) is 13.8. The molecule has 2 aliphatic rings. The van der Waals surface area contributed by atoms with Crippen LogP contribution in [-0.2, 0) is 5.41 Å². The number of fused-ring (bicyclic) bond motifs is 15. The first-order valence-corrected chi connectivity index (χ1v) is 19.7. The maximum atomic E-state index is 2.54. The maximum absolute atomic E-state index is 2.54. The van der Waals surface area contributed by atoms with Crippen molar-refractivity contribution in [2.75, 3.05) is 4.90 Å². The van der Waals surface area contributed by atoms with E-state index in [2.05, 4.69) is 191 Å². The summed E-state index contributed by atoms with van der Waals surface area (Å²) in [5.41, 5.74) is 12.0. The second-order valence-corrected chi connectivity index (χ2v) is 16.2. The summed E-state index contributed by atoms with van der Waals surface area (Å²) < 4.78 is 5.19. The first kappa shape index (κ1) is 29.5. The second kappa shape index (κ2) is 11.0. The van der Waals surface area contributed by atoms with Gasteiger partial charge in [0.05, 0.1) is 27.8 Å². The number of benzene rings is 8. The standard InChI is InChI=1S/C49H30N2S2/c1-2-14-31(15-3-1)50-42-22-10-6-18-37(42)49(38-19-7-11-23-43(38)50)39-20-8-13-25-46(39)53-48-40(49)28-27-35-33-16-4-9-21-41(33)51(47(35)48)32-26-29-45-36(30-32)34-17-5-12-24-44(34)52-45/h1-30H. The normalized spacial score (nSPS) is 14.1. The van der Waals surface area contributed by atoms with Crippen molar-refractivity contribution >= 4 is 82.1 Å². The molecule has 0 saturated heterocycles. The summed E-state index contributed by atoms with van der Waals surface area (Å²) in [6.45, 7) is 0. The van der Waals surface area contributed by atoms with Crippen LogP contribution in [0.3, 0.4) is 0 Å². The number of nitrogens with zero attached hydrogens (tertiary/aromatic N) is 2. The van der Waals surface area contributed by atoms with Crippen LogP contribution in [-0.4, -0.2) is 4.57 Å². The number of thiophene rings is 1. The van der Waals surface area contributed by atoms with E-state index >= 15 is 0 Å². The molecular formula is C49H30N2S2. The van der Waals surface area contributed by atoms with Crippen LogP contribution in [0.2, 0.25) is 0 Å². The molecule has 0 unspecified atom stereocenters. The monoisotopic (exact) mass is 710 g/mol. The van der Waals surface area contributed by atoms with Crippen LogP contribution >= 0.6 is 23.1 Å². The molecule has 248 valence electrons. The van der Waals surface area contributed by atoms with Gasteiger partial charge in [0.15, 0.2) is 0 Å². The molecule has 0 bridgehead atoms. The summed E-state index contributed by atoms with van der Waals surface area (Å²) >= 11 is 3.80. The third-order valence-corrected chi connectivity index (χ3v) is 13.8. The van der Waals surface area contributed by atoms with E-state index in [9.17, 15) is 0 Å². The molecular weight excluding hydrogens is 681 g/mol. The fourth-order valence-electron chi connectivity index (χ4n) is 9.35. The van der Waals surface area contributed by atoms with Crippen LogP contribution in [0.25, 0.3) is 47.7 Å². The zero-order chi connectivity index (χ0) is 34.7. The van der Waals surface area contributed by atoms with Crippen LogP contribution in [0.5, 0.6) is 0 Å². The molecule has 0 aliphatic carbocycles. The van der Waals surface area contributed by atoms with Gasteiger partial charge in [-0.15, -0.1) is 11.3 Å². The molecule has 0 fully saturated rings. The number of rotatable bonds is 2. The number of para-hydroxylation sites is 4. The van der Waals surface area contributed by atoms with Crippen molar-refractivity contribution in [2.24, 2.45) is 0 Å². The largest absolute Gasteiger partial charge is 0.310 e. The van der Waals surface area contributed by atoms with Gasteiger partial charge < -0.3 is 9.47 Å². The lowest BCUT2D eigenvalue weighted by molar-refractivity contribution is 0.694. The highest BCUT2D eigenvalue weighted by Gasteiger charge is 2.50. The number of anilines is 3. The third kappa shape index (κ3) is 3.89. The highest BCUT2D eigenvalue weighted by Crippen LogP contribution is 2.64. The van der Waals surface area contributed by atoms with E-state index in [1.54, 1.807) is 0 Å². The minimum Gasteiger partial charge on any atom is -0.310 e. The van der Waals surface area contributed by atoms with Gasteiger partial charge >= 0.3 is 0 Å². The lowest BCUT2D eigenvalue weighted by Gasteiger charge is -2.49. The van der Waals surface area contributed by atoms with Crippen molar-refractivity contribution in [3.63, 3.8) is 0 Å². The van der Waals surface area contributed by atoms with Gasteiger partial charge in [0.25, 0.3) is 0 Å². The fraction of sp³-hybridized carbons (Fsp3) is 0.0204. The number of aromatic nitrogens is 1. The molecule has 0 saturated carbocycles. The van der Waals surface area contributed by atoms with Gasteiger partial charge in [-0.3, -0.25) is 0 Å². The quantitative estimate of drug-likeness (QED) is 0.176. The highest BCUT2D eigenvalue weighted by atomic mass is 32.2. The van der Waals surface area contributed by atoms with Crippen LogP contribution < -0.4 is 4.90 Å². The van der Waals surface area contributed by atoms with Crippen molar-refractivity contribution in [2.45, 2.75) is 15.2 Å². The SMILES string of the molecule is c1ccc(N2c3ccccc3C3(c4ccccc4Sc4c3ccc3c5ccccc5n(-c5ccc6sc7ccccc7c6c5)c43)c3ccccc32)cc1. The van der Waals surface area contributed by atoms with E-state index in [4.69, 9.17) is 0 Å². The average Bonchev–Trinajstić information content (AvgIpc) is 3.77. The van der Waals surface area contributed by atoms with Crippen molar-refractivity contribution in [1.29, 1.82) is 0 Å². The number of hydrogen-bond acceptors (Lipinski definition) is 3. The zero-order valence-electron chi connectivity index (χ0n) is 28.5. The van der Waals surface area contributed by atoms with E-state index in [0.29, 0.717) is 0 Å². The Bertz CT molecular complexity index is 3070. The Labute approximate surface area is 315 Å². The van der Waals surface area contributed by atoms with Gasteiger partial charge in [0.2, 0.25) is 0 Å². The molecule has 1 spiro atoms. The molecule has 4 heterocycles. The first-order chi connectivity index (χ1) is 26.3. The molecule has 53 heavy (non-hydrogen) atoms. The Kier molecular flexibility index (Phi) is 6.11. The van der Waals surface area contributed by atoms with Crippen molar-refractivity contribution in [3.8, 4) is 5.69 Å². The Morgan fingerprint density at radius 1 is 0.415 bits per heavy atom. The molecule has 4 heteroatoms. The fourth-order valence-corrected chi connectivity index (χ4v) is 11.8. The molecule has 0 amide bonds. The summed E-state index contributed by atoms with van der Waals surface area (Å²) in [6.07, 6.45) is 0. The Morgan fingerprint density at radius 2 is 1.06 bits per heavy atom. The van der Waals surface area contributed by atoms with Crippen LogP contribution in [0.4, 0.5) is 17.1 Å². The Morgan fingerprint density at radius 3 is 1.87 bits per heavy atom. The van der Waals surface area contributed by atoms with Gasteiger partial charge in [0.1, 0.15) is 0 Å².